The van der Waals surface area contributed by atoms with Gasteiger partial charge in [0.25, 0.3) is 0 Å². The number of carboxylic acid groups (broad SMARTS) is 1. The zero-order valence-corrected chi connectivity index (χ0v) is 10.8. The molecule has 0 aliphatic rings. The van der Waals surface area contributed by atoms with Gasteiger partial charge in [-0.15, -0.1) is 0 Å². The number of nitrogens with two attached hydrogens (primary N) is 2. The molecule has 7 nitrogen and oxygen atoms in total. The normalized spacial score (nSPS) is 11.6. The number of carbonyl (C=O) groups is 3. The van der Waals surface area contributed by atoms with Crippen LogP contribution in [0.5, 0.6) is 0 Å². The van der Waals surface area contributed by atoms with Crippen molar-refractivity contribution in [3.8, 4) is 0 Å². The summed E-state index contributed by atoms with van der Waals surface area (Å²) in [4.78, 5) is 33.2. The molecule has 7 heteroatoms. The summed E-state index contributed by atoms with van der Waals surface area (Å²) in [6, 6.07) is 5.80. The number of aliphatic carboxylic acids is 1. The van der Waals surface area contributed by atoms with E-state index < -0.39 is 30.2 Å². The fourth-order valence-corrected chi connectivity index (χ4v) is 1.68. The fourth-order valence-electron chi connectivity index (χ4n) is 1.68. The molecule has 20 heavy (non-hydrogen) atoms. The van der Waals surface area contributed by atoms with Crippen LogP contribution in [0, 0.1) is 0 Å². The fraction of sp³-hybridized carbons (Fsp3) is 0.308. The Morgan fingerprint density at radius 3 is 2.45 bits per heavy atom. The predicted molar refractivity (Wildman–Crippen MR) is 72.6 cm³/mol. The van der Waals surface area contributed by atoms with E-state index >= 15 is 0 Å². The minimum absolute atomic E-state index is 0.0801. The number of carboxylic acids is 1. The van der Waals surface area contributed by atoms with E-state index in [4.69, 9.17) is 16.6 Å². The molecule has 0 unspecified atom stereocenters. The Morgan fingerprint density at radius 1 is 1.25 bits per heavy atom. The third kappa shape index (κ3) is 4.97. The van der Waals surface area contributed by atoms with E-state index in [9.17, 15) is 14.4 Å². The van der Waals surface area contributed by atoms with Gasteiger partial charge < -0.3 is 21.9 Å². The van der Waals surface area contributed by atoms with Gasteiger partial charge in [-0.05, 0) is 18.1 Å². The standard InChI is InChI=1S/C13H17N3O4/c14-9-4-2-1-3-8(9)5-6-12(18)16-10(13(19)20)7-11(15)17/h1-4,10H,5-7,14H2,(H2,15,17)(H,16,18)(H,19,20)/t10-/m0/s1. The van der Waals surface area contributed by atoms with Crippen LogP contribution in [0.25, 0.3) is 0 Å². The lowest BCUT2D eigenvalue weighted by Gasteiger charge is -2.13. The number of aryl methyl sites for hydroxylation is 1. The van der Waals surface area contributed by atoms with E-state index in [0.717, 1.165) is 5.56 Å². The highest BCUT2D eigenvalue weighted by atomic mass is 16.4. The van der Waals surface area contributed by atoms with Crippen molar-refractivity contribution in [2.75, 3.05) is 5.73 Å². The van der Waals surface area contributed by atoms with Crippen LogP contribution in [0.1, 0.15) is 18.4 Å². The van der Waals surface area contributed by atoms with Crippen LogP contribution >= 0.6 is 0 Å². The van der Waals surface area contributed by atoms with E-state index in [2.05, 4.69) is 5.32 Å². The first-order valence-corrected chi connectivity index (χ1v) is 6.04. The van der Waals surface area contributed by atoms with Gasteiger partial charge in [-0.2, -0.15) is 0 Å². The summed E-state index contributed by atoms with van der Waals surface area (Å²) in [5.74, 6) is -2.55. The van der Waals surface area contributed by atoms with Crippen LogP contribution in [0.15, 0.2) is 24.3 Å². The van der Waals surface area contributed by atoms with Gasteiger partial charge >= 0.3 is 5.97 Å². The third-order valence-corrected chi connectivity index (χ3v) is 2.72. The zero-order valence-electron chi connectivity index (χ0n) is 10.8. The summed E-state index contributed by atoms with van der Waals surface area (Å²) >= 11 is 0. The number of amides is 2. The molecule has 0 aromatic heterocycles. The van der Waals surface area contributed by atoms with Crippen molar-refractivity contribution < 1.29 is 19.5 Å². The first kappa shape index (κ1) is 15.5. The monoisotopic (exact) mass is 279 g/mol. The lowest BCUT2D eigenvalue weighted by molar-refractivity contribution is -0.143. The number of carbonyl (C=O) groups excluding carboxylic acids is 2. The highest BCUT2D eigenvalue weighted by Crippen LogP contribution is 2.12. The maximum Gasteiger partial charge on any atom is 0.326 e. The lowest BCUT2D eigenvalue weighted by atomic mass is 10.1. The highest BCUT2D eigenvalue weighted by Gasteiger charge is 2.21. The summed E-state index contributed by atoms with van der Waals surface area (Å²) in [5.41, 5.74) is 12.0. The van der Waals surface area contributed by atoms with E-state index in [-0.39, 0.29) is 6.42 Å². The summed E-state index contributed by atoms with van der Waals surface area (Å²) in [6.45, 7) is 0. The lowest BCUT2D eigenvalue weighted by Crippen LogP contribution is -2.43. The third-order valence-electron chi connectivity index (χ3n) is 2.72. The molecule has 0 radical (unpaired) electrons. The topological polar surface area (TPSA) is 136 Å². The molecule has 1 aromatic rings. The smallest absolute Gasteiger partial charge is 0.326 e. The van der Waals surface area contributed by atoms with Crippen molar-refractivity contribution >= 4 is 23.5 Å². The van der Waals surface area contributed by atoms with Crippen LogP contribution < -0.4 is 16.8 Å². The van der Waals surface area contributed by atoms with Crippen LogP contribution in [-0.2, 0) is 20.8 Å². The maximum atomic E-state index is 11.7. The molecule has 0 saturated heterocycles. The SMILES string of the molecule is NC(=O)C[C@H](NC(=O)CCc1ccccc1N)C(=O)O. The van der Waals surface area contributed by atoms with E-state index in [1.807, 2.05) is 0 Å². The molecule has 1 aromatic carbocycles. The van der Waals surface area contributed by atoms with Gasteiger partial charge in [-0.1, -0.05) is 18.2 Å². The first-order valence-electron chi connectivity index (χ1n) is 6.04. The molecule has 2 amide bonds. The minimum Gasteiger partial charge on any atom is -0.480 e. The molecule has 0 aliphatic carbocycles. The second kappa shape index (κ2) is 7.13. The minimum atomic E-state index is -1.30. The van der Waals surface area contributed by atoms with Crippen molar-refractivity contribution in [2.45, 2.75) is 25.3 Å². The number of rotatable bonds is 7. The molecule has 0 saturated carbocycles. The average molecular weight is 279 g/mol. The van der Waals surface area contributed by atoms with Gasteiger partial charge in [0.2, 0.25) is 11.8 Å². The van der Waals surface area contributed by atoms with Crippen molar-refractivity contribution in [1.82, 2.24) is 5.32 Å². The zero-order chi connectivity index (χ0) is 15.1. The molecule has 108 valence electrons. The van der Waals surface area contributed by atoms with Crippen LogP contribution in [-0.4, -0.2) is 28.9 Å². The second-order valence-electron chi connectivity index (χ2n) is 4.33. The van der Waals surface area contributed by atoms with Crippen molar-refractivity contribution in [3.63, 3.8) is 0 Å². The Labute approximate surface area is 115 Å². The van der Waals surface area contributed by atoms with Crippen molar-refractivity contribution in [3.05, 3.63) is 29.8 Å². The van der Waals surface area contributed by atoms with E-state index in [1.54, 1.807) is 24.3 Å². The summed E-state index contributed by atoms with van der Waals surface area (Å²) in [5, 5.41) is 11.1. The number of para-hydroxylation sites is 1. The second-order valence-corrected chi connectivity index (χ2v) is 4.33. The summed E-state index contributed by atoms with van der Waals surface area (Å²) < 4.78 is 0. The van der Waals surface area contributed by atoms with Gasteiger partial charge in [0.05, 0.1) is 6.42 Å². The molecule has 0 fully saturated rings. The van der Waals surface area contributed by atoms with Crippen molar-refractivity contribution in [2.24, 2.45) is 5.73 Å². The Hall–Kier alpha value is -2.57. The molecule has 0 spiro atoms. The number of hydrogen-bond donors (Lipinski definition) is 4. The number of hydrogen-bond acceptors (Lipinski definition) is 4. The molecule has 1 rings (SSSR count). The van der Waals surface area contributed by atoms with E-state index in [1.165, 1.54) is 0 Å². The number of anilines is 1. The quantitative estimate of drug-likeness (QED) is 0.506. The number of benzene rings is 1. The first-order chi connectivity index (χ1) is 9.40. The molecule has 6 N–H and O–H groups in total. The molecule has 0 heterocycles. The Kier molecular flexibility index (Phi) is 5.52. The van der Waals surface area contributed by atoms with Gasteiger partial charge in [0.15, 0.2) is 0 Å². The van der Waals surface area contributed by atoms with Crippen molar-refractivity contribution in [1.29, 1.82) is 0 Å². The maximum absolute atomic E-state index is 11.7. The van der Waals surface area contributed by atoms with Crippen LogP contribution in [0.3, 0.4) is 0 Å². The van der Waals surface area contributed by atoms with Gasteiger partial charge in [-0.25, -0.2) is 4.79 Å². The number of nitrogens with one attached hydrogen (secondary N) is 1. The Balaban J connectivity index is 2.52. The predicted octanol–water partition coefficient (Wildman–Crippen LogP) is -0.354. The average Bonchev–Trinajstić information content (AvgIpc) is 2.36. The highest BCUT2D eigenvalue weighted by molar-refractivity contribution is 5.88. The Bertz CT molecular complexity index is 516. The number of nitrogen functional groups attached to an aromatic ring is 1. The summed E-state index contributed by atoms with van der Waals surface area (Å²) in [6.07, 6.45) is 0.0344. The van der Waals surface area contributed by atoms with Gasteiger partial charge in [0, 0.05) is 12.1 Å². The molecular formula is C13H17N3O4. The van der Waals surface area contributed by atoms with E-state index in [0.29, 0.717) is 12.1 Å². The molecule has 1 atom stereocenters. The Morgan fingerprint density at radius 2 is 1.90 bits per heavy atom. The largest absolute Gasteiger partial charge is 0.480 e. The van der Waals surface area contributed by atoms with Crippen LogP contribution in [0.4, 0.5) is 5.69 Å². The molecule has 0 bridgehead atoms. The summed E-state index contributed by atoms with van der Waals surface area (Å²) in [7, 11) is 0. The van der Waals surface area contributed by atoms with Gasteiger partial charge in [-0.3, -0.25) is 9.59 Å². The van der Waals surface area contributed by atoms with Gasteiger partial charge in [0.1, 0.15) is 6.04 Å². The molecular weight excluding hydrogens is 262 g/mol. The molecule has 0 aliphatic heterocycles. The van der Waals surface area contributed by atoms with Crippen LogP contribution in [0.2, 0.25) is 0 Å². The number of primary amides is 1.